The van der Waals surface area contributed by atoms with Gasteiger partial charge < -0.3 is 15.4 Å². The first kappa shape index (κ1) is 23.9. The molecule has 5 nitrogen and oxygen atoms in total. The zero-order valence-corrected chi connectivity index (χ0v) is 19.3. The van der Waals surface area contributed by atoms with Crippen LogP contribution < -0.4 is 15.4 Å². The van der Waals surface area contributed by atoms with Gasteiger partial charge in [0, 0.05) is 23.6 Å². The minimum absolute atomic E-state index is 0.0552. The molecule has 0 amide bonds. The first-order valence-corrected chi connectivity index (χ1v) is 11.6. The lowest BCUT2D eigenvalue weighted by atomic mass is 9.84. The smallest absolute Gasteiger partial charge is 0.421 e. The number of alkyl halides is 3. The maximum Gasteiger partial charge on any atom is 0.421 e. The lowest BCUT2D eigenvalue weighted by molar-refractivity contribution is -0.137. The Morgan fingerprint density at radius 2 is 1.68 bits per heavy atom. The molecule has 1 aliphatic rings. The second-order valence-corrected chi connectivity index (χ2v) is 8.86. The molecule has 4 rings (SSSR count). The van der Waals surface area contributed by atoms with Gasteiger partial charge in [-0.25, -0.2) is 4.98 Å². The Morgan fingerprint density at radius 3 is 2.35 bits per heavy atom. The van der Waals surface area contributed by atoms with Gasteiger partial charge in [0.25, 0.3) is 0 Å². The van der Waals surface area contributed by atoms with Crippen molar-refractivity contribution < 1.29 is 17.9 Å². The highest BCUT2D eigenvalue weighted by Gasteiger charge is 2.35. The standard InChI is InChI=1S/C26H29F3N4O/c1-17(2)34-22-10-6-9-21(15-22)31-24-23(26(27,28)29)16-30-25(33-24)32-20-13-11-19(12-14-20)18-7-4-3-5-8-18/h6,9-18H,3-5,7-8H2,1-2H3,(H2,30,31,32,33). The van der Waals surface area contributed by atoms with Crippen LogP contribution in [0.15, 0.2) is 54.7 Å². The number of rotatable bonds is 7. The third-order valence-corrected chi connectivity index (χ3v) is 5.81. The summed E-state index contributed by atoms with van der Waals surface area (Å²) in [4.78, 5) is 8.04. The number of nitrogens with zero attached hydrogens (tertiary/aromatic N) is 2. The van der Waals surface area contributed by atoms with E-state index in [0.717, 1.165) is 11.9 Å². The van der Waals surface area contributed by atoms with Crippen molar-refractivity contribution in [2.24, 2.45) is 0 Å². The van der Waals surface area contributed by atoms with Gasteiger partial charge in [-0.2, -0.15) is 18.2 Å². The average molecular weight is 471 g/mol. The van der Waals surface area contributed by atoms with Crippen LogP contribution in [0.3, 0.4) is 0 Å². The van der Waals surface area contributed by atoms with Gasteiger partial charge in [0.05, 0.1) is 6.10 Å². The number of anilines is 4. The third-order valence-electron chi connectivity index (χ3n) is 5.81. The number of hydrogen-bond donors (Lipinski definition) is 2. The molecular weight excluding hydrogens is 441 g/mol. The molecule has 1 fully saturated rings. The lowest BCUT2D eigenvalue weighted by Gasteiger charge is -2.22. The van der Waals surface area contributed by atoms with Gasteiger partial charge in [-0.05, 0) is 62.4 Å². The van der Waals surface area contributed by atoms with Gasteiger partial charge in [0.1, 0.15) is 17.1 Å². The predicted molar refractivity (Wildman–Crippen MR) is 128 cm³/mol. The maximum absolute atomic E-state index is 13.6. The molecule has 1 aliphatic carbocycles. The lowest BCUT2D eigenvalue weighted by Crippen LogP contribution is -2.13. The average Bonchev–Trinajstić information content (AvgIpc) is 2.79. The van der Waals surface area contributed by atoms with E-state index in [1.54, 1.807) is 24.3 Å². The molecule has 0 spiro atoms. The molecule has 8 heteroatoms. The molecular formula is C26H29F3N4O. The van der Waals surface area contributed by atoms with Gasteiger partial charge >= 0.3 is 6.18 Å². The summed E-state index contributed by atoms with van der Waals surface area (Å²) in [6, 6.07) is 14.7. The van der Waals surface area contributed by atoms with Crippen LogP contribution in [0.5, 0.6) is 5.75 Å². The van der Waals surface area contributed by atoms with Gasteiger partial charge in [0.2, 0.25) is 5.95 Å². The molecule has 1 aromatic heterocycles. The number of benzene rings is 2. The maximum atomic E-state index is 13.6. The fourth-order valence-corrected chi connectivity index (χ4v) is 4.20. The van der Waals surface area contributed by atoms with Crippen molar-refractivity contribution in [3.05, 3.63) is 65.9 Å². The molecule has 34 heavy (non-hydrogen) atoms. The van der Waals surface area contributed by atoms with E-state index >= 15 is 0 Å². The Bertz CT molecular complexity index is 1090. The quantitative estimate of drug-likeness (QED) is 0.369. The van der Waals surface area contributed by atoms with Crippen LogP contribution in [0, 0.1) is 0 Å². The molecule has 0 unspecified atom stereocenters. The molecule has 0 atom stereocenters. The van der Waals surface area contributed by atoms with E-state index < -0.39 is 11.7 Å². The van der Waals surface area contributed by atoms with E-state index in [2.05, 4.69) is 32.7 Å². The Hall–Kier alpha value is -3.29. The number of halogens is 3. The Balaban J connectivity index is 1.55. The second-order valence-electron chi connectivity index (χ2n) is 8.86. The predicted octanol–water partition coefficient (Wildman–Crippen LogP) is 7.82. The Kier molecular flexibility index (Phi) is 7.24. The second kappa shape index (κ2) is 10.3. The van der Waals surface area contributed by atoms with E-state index in [4.69, 9.17) is 4.74 Å². The van der Waals surface area contributed by atoms with E-state index in [1.807, 2.05) is 26.0 Å². The minimum atomic E-state index is -4.60. The van der Waals surface area contributed by atoms with Crippen molar-refractivity contribution in [3.8, 4) is 5.75 Å². The Morgan fingerprint density at radius 1 is 0.941 bits per heavy atom. The number of nitrogens with one attached hydrogen (secondary N) is 2. The summed E-state index contributed by atoms with van der Waals surface area (Å²) in [5.74, 6) is 0.886. The number of ether oxygens (including phenoxy) is 1. The summed E-state index contributed by atoms with van der Waals surface area (Å²) >= 11 is 0. The fourth-order valence-electron chi connectivity index (χ4n) is 4.20. The zero-order chi connectivity index (χ0) is 24.1. The van der Waals surface area contributed by atoms with Crippen LogP contribution in [0.4, 0.5) is 36.3 Å². The third kappa shape index (κ3) is 6.18. The van der Waals surface area contributed by atoms with Gasteiger partial charge in [-0.3, -0.25) is 0 Å². The zero-order valence-electron chi connectivity index (χ0n) is 19.3. The molecule has 1 saturated carbocycles. The fraction of sp³-hybridized carbons (Fsp3) is 0.385. The molecule has 0 saturated heterocycles. The summed E-state index contributed by atoms with van der Waals surface area (Å²) in [6.45, 7) is 3.76. The normalized spacial score (nSPS) is 14.8. The minimum Gasteiger partial charge on any atom is -0.491 e. The summed E-state index contributed by atoms with van der Waals surface area (Å²) < 4.78 is 46.5. The SMILES string of the molecule is CC(C)Oc1cccc(Nc2nc(Nc3ccc(C4CCCCC4)cc3)ncc2C(F)(F)F)c1. The van der Waals surface area contributed by atoms with Crippen molar-refractivity contribution in [3.63, 3.8) is 0 Å². The van der Waals surface area contributed by atoms with Gasteiger partial charge in [-0.15, -0.1) is 0 Å². The highest BCUT2D eigenvalue weighted by atomic mass is 19.4. The van der Waals surface area contributed by atoms with Crippen LogP contribution in [-0.2, 0) is 6.18 Å². The molecule has 0 bridgehead atoms. The van der Waals surface area contributed by atoms with Crippen molar-refractivity contribution >= 4 is 23.1 Å². The van der Waals surface area contributed by atoms with E-state index in [-0.39, 0.29) is 17.9 Å². The largest absolute Gasteiger partial charge is 0.491 e. The van der Waals surface area contributed by atoms with Crippen LogP contribution in [0.2, 0.25) is 0 Å². The van der Waals surface area contributed by atoms with Crippen molar-refractivity contribution in [1.29, 1.82) is 0 Å². The van der Waals surface area contributed by atoms with Gasteiger partial charge in [-0.1, -0.05) is 37.5 Å². The Labute approximate surface area is 197 Å². The first-order valence-electron chi connectivity index (χ1n) is 11.6. The van der Waals surface area contributed by atoms with Crippen LogP contribution in [0.1, 0.15) is 63.0 Å². The molecule has 2 aromatic carbocycles. The first-order chi connectivity index (χ1) is 16.3. The highest BCUT2D eigenvalue weighted by Crippen LogP contribution is 2.36. The van der Waals surface area contributed by atoms with E-state index in [0.29, 0.717) is 17.4 Å². The van der Waals surface area contributed by atoms with Crippen LogP contribution in [-0.4, -0.2) is 16.1 Å². The molecule has 3 aromatic rings. The summed E-state index contributed by atoms with van der Waals surface area (Å²) in [5, 5.41) is 5.80. The summed E-state index contributed by atoms with van der Waals surface area (Å²) in [5.41, 5.74) is 1.51. The molecule has 180 valence electrons. The van der Waals surface area contributed by atoms with Gasteiger partial charge in [0.15, 0.2) is 0 Å². The van der Waals surface area contributed by atoms with Crippen molar-refractivity contribution in [2.45, 2.75) is 64.1 Å². The summed E-state index contributed by atoms with van der Waals surface area (Å²) in [7, 11) is 0. The summed E-state index contributed by atoms with van der Waals surface area (Å²) in [6.07, 6.45) is 2.35. The van der Waals surface area contributed by atoms with Crippen LogP contribution >= 0.6 is 0 Å². The number of aromatic nitrogens is 2. The molecule has 0 radical (unpaired) electrons. The van der Waals surface area contributed by atoms with Crippen LogP contribution in [0.25, 0.3) is 0 Å². The monoisotopic (exact) mass is 470 g/mol. The molecule has 2 N–H and O–H groups in total. The van der Waals surface area contributed by atoms with Crippen molar-refractivity contribution in [2.75, 3.05) is 10.6 Å². The van der Waals surface area contributed by atoms with E-state index in [9.17, 15) is 13.2 Å². The molecule has 0 aliphatic heterocycles. The highest BCUT2D eigenvalue weighted by molar-refractivity contribution is 5.64. The van der Waals surface area contributed by atoms with E-state index in [1.165, 1.54) is 37.7 Å². The van der Waals surface area contributed by atoms with Crippen molar-refractivity contribution in [1.82, 2.24) is 9.97 Å². The molecule has 1 heterocycles. The number of hydrogen-bond acceptors (Lipinski definition) is 5. The topological polar surface area (TPSA) is 59.1 Å².